The third kappa shape index (κ3) is 3.84. The number of aliphatic hydroxyl groups is 1. The third-order valence-electron chi connectivity index (χ3n) is 3.28. The summed E-state index contributed by atoms with van der Waals surface area (Å²) in [5, 5.41) is 11.0. The van der Waals surface area contributed by atoms with E-state index in [2.05, 4.69) is 6.58 Å². The van der Waals surface area contributed by atoms with Gasteiger partial charge in [0.1, 0.15) is 11.6 Å². The van der Waals surface area contributed by atoms with Crippen molar-refractivity contribution in [2.45, 2.75) is 40.0 Å². The lowest BCUT2D eigenvalue weighted by Gasteiger charge is -2.20. The van der Waals surface area contributed by atoms with Gasteiger partial charge in [-0.25, -0.2) is 4.39 Å². The van der Waals surface area contributed by atoms with Crippen LogP contribution >= 0.6 is 11.6 Å². The number of allylic oxidation sites excluding steroid dienone is 8. The Hall–Kier alpha value is -1.28. The molecule has 0 aromatic heterocycles. The third-order valence-corrected chi connectivity index (χ3v) is 3.58. The van der Waals surface area contributed by atoms with Crippen LogP contribution < -0.4 is 0 Å². The Balaban J connectivity index is 3.43. The predicted octanol–water partition coefficient (Wildman–Crippen LogP) is 5.87. The van der Waals surface area contributed by atoms with E-state index in [1.807, 2.05) is 13.0 Å². The smallest absolute Gasteiger partial charge is 0.104 e. The van der Waals surface area contributed by atoms with E-state index < -0.39 is 0 Å². The summed E-state index contributed by atoms with van der Waals surface area (Å²) < 4.78 is 13.5. The van der Waals surface area contributed by atoms with Crippen LogP contribution in [0.3, 0.4) is 0 Å². The molecule has 0 amide bonds. The van der Waals surface area contributed by atoms with Gasteiger partial charge in [-0.3, -0.25) is 0 Å². The van der Waals surface area contributed by atoms with Gasteiger partial charge in [-0.05, 0) is 56.4 Å². The molecular formula is C16H20ClFO. The van der Waals surface area contributed by atoms with Crippen molar-refractivity contribution in [3.8, 4) is 0 Å². The first-order valence-corrected chi connectivity index (χ1v) is 6.68. The van der Waals surface area contributed by atoms with E-state index in [0.29, 0.717) is 24.0 Å². The number of rotatable bonds is 4. The molecule has 1 nitrogen and oxygen atoms in total. The van der Waals surface area contributed by atoms with E-state index in [1.165, 1.54) is 6.92 Å². The summed E-state index contributed by atoms with van der Waals surface area (Å²) in [6.45, 7) is 8.63. The maximum Gasteiger partial charge on any atom is 0.104 e. The van der Waals surface area contributed by atoms with Gasteiger partial charge < -0.3 is 5.11 Å². The molecule has 0 saturated carbocycles. The van der Waals surface area contributed by atoms with E-state index in [0.717, 1.165) is 22.6 Å². The van der Waals surface area contributed by atoms with Gasteiger partial charge in [-0.15, -0.1) is 6.58 Å². The SMILES string of the molecule is C=CC/C(O)=C(C1=C(C)C=C(Cl)CC1)\C(C)=C(/C)F. The van der Waals surface area contributed by atoms with E-state index in [9.17, 15) is 9.50 Å². The molecule has 19 heavy (non-hydrogen) atoms. The van der Waals surface area contributed by atoms with Crippen molar-refractivity contribution in [1.29, 1.82) is 0 Å². The molecule has 0 fully saturated rings. The molecule has 0 saturated heterocycles. The minimum atomic E-state index is -0.286. The number of halogens is 2. The molecule has 1 N–H and O–H groups in total. The summed E-state index contributed by atoms with van der Waals surface area (Å²) in [5.74, 6) is -0.128. The lowest BCUT2D eigenvalue weighted by atomic mass is 9.87. The standard InChI is InChI=1S/C16H20ClFO/c1-5-6-15(19)16(11(3)12(4)18)14-8-7-13(17)9-10(14)2/h5,9,19H,1,6-8H2,2-4H3/b12-11+,16-15-. The molecule has 1 aliphatic rings. The summed E-state index contributed by atoms with van der Waals surface area (Å²) in [7, 11) is 0. The van der Waals surface area contributed by atoms with Crippen LogP contribution in [0.5, 0.6) is 0 Å². The molecule has 104 valence electrons. The van der Waals surface area contributed by atoms with Crippen molar-refractivity contribution < 1.29 is 9.50 Å². The zero-order valence-corrected chi connectivity index (χ0v) is 12.4. The van der Waals surface area contributed by atoms with Crippen LogP contribution in [0.4, 0.5) is 4.39 Å². The summed E-state index contributed by atoms with van der Waals surface area (Å²) in [5.41, 5.74) is 3.00. The second-order valence-electron chi connectivity index (χ2n) is 4.73. The first-order valence-electron chi connectivity index (χ1n) is 6.31. The highest BCUT2D eigenvalue weighted by Crippen LogP contribution is 2.36. The predicted molar refractivity (Wildman–Crippen MR) is 79.8 cm³/mol. The van der Waals surface area contributed by atoms with Gasteiger partial charge in [0, 0.05) is 17.0 Å². The minimum Gasteiger partial charge on any atom is -0.511 e. The van der Waals surface area contributed by atoms with Gasteiger partial charge in [0.05, 0.1) is 0 Å². The Morgan fingerprint density at radius 2 is 2.11 bits per heavy atom. The van der Waals surface area contributed by atoms with Crippen molar-refractivity contribution in [1.82, 2.24) is 0 Å². The number of aliphatic hydroxyl groups excluding tert-OH is 1. The highest BCUT2D eigenvalue weighted by atomic mass is 35.5. The highest BCUT2D eigenvalue weighted by molar-refractivity contribution is 6.29. The fraction of sp³-hybridized carbons (Fsp3) is 0.375. The zero-order chi connectivity index (χ0) is 14.6. The second-order valence-corrected chi connectivity index (χ2v) is 5.21. The lowest BCUT2D eigenvalue weighted by molar-refractivity contribution is 0.395. The van der Waals surface area contributed by atoms with Crippen molar-refractivity contribution >= 4 is 11.6 Å². The number of hydrogen-bond acceptors (Lipinski definition) is 1. The second kappa shape index (κ2) is 6.76. The summed E-state index contributed by atoms with van der Waals surface area (Å²) in [6.07, 6.45) is 5.24. The minimum absolute atomic E-state index is 0.158. The molecule has 0 heterocycles. The fourth-order valence-corrected chi connectivity index (χ4v) is 2.44. The van der Waals surface area contributed by atoms with Crippen LogP contribution in [0.1, 0.15) is 40.0 Å². The number of hydrogen-bond donors (Lipinski definition) is 1. The van der Waals surface area contributed by atoms with Gasteiger partial charge in [-0.1, -0.05) is 17.7 Å². The van der Waals surface area contributed by atoms with Crippen molar-refractivity contribution in [3.05, 3.63) is 57.6 Å². The largest absolute Gasteiger partial charge is 0.511 e. The Morgan fingerprint density at radius 1 is 1.47 bits per heavy atom. The first kappa shape index (κ1) is 15.8. The molecule has 0 radical (unpaired) electrons. The average Bonchev–Trinajstić information content (AvgIpc) is 2.32. The molecule has 1 aliphatic carbocycles. The zero-order valence-electron chi connectivity index (χ0n) is 11.7. The van der Waals surface area contributed by atoms with Gasteiger partial charge in [-0.2, -0.15) is 0 Å². The van der Waals surface area contributed by atoms with E-state index in [1.54, 1.807) is 13.0 Å². The molecule has 0 spiro atoms. The van der Waals surface area contributed by atoms with Crippen LogP contribution in [0.15, 0.2) is 57.6 Å². The molecular weight excluding hydrogens is 263 g/mol. The lowest BCUT2D eigenvalue weighted by Crippen LogP contribution is -2.04. The van der Waals surface area contributed by atoms with E-state index >= 15 is 0 Å². The molecule has 0 aromatic rings. The van der Waals surface area contributed by atoms with Gasteiger partial charge >= 0.3 is 0 Å². The summed E-state index contributed by atoms with van der Waals surface area (Å²) in [6, 6.07) is 0. The normalized spacial score (nSPS) is 18.7. The average molecular weight is 283 g/mol. The van der Waals surface area contributed by atoms with Gasteiger partial charge in [0.2, 0.25) is 0 Å². The van der Waals surface area contributed by atoms with Crippen LogP contribution in [-0.4, -0.2) is 5.11 Å². The van der Waals surface area contributed by atoms with E-state index in [4.69, 9.17) is 11.6 Å². The molecule has 0 bridgehead atoms. The van der Waals surface area contributed by atoms with Crippen LogP contribution in [0.25, 0.3) is 0 Å². The maximum atomic E-state index is 13.5. The summed E-state index contributed by atoms with van der Waals surface area (Å²) >= 11 is 6.01. The van der Waals surface area contributed by atoms with Crippen LogP contribution in [-0.2, 0) is 0 Å². The summed E-state index contributed by atoms with van der Waals surface area (Å²) in [4.78, 5) is 0. The Labute approximate surface area is 119 Å². The quantitative estimate of drug-likeness (QED) is 0.388. The van der Waals surface area contributed by atoms with Crippen molar-refractivity contribution in [2.75, 3.05) is 0 Å². The Morgan fingerprint density at radius 3 is 2.58 bits per heavy atom. The van der Waals surface area contributed by atoms with Gasteiger partial charge in [0.25, 0.3) is 0 Å². The fourth-order valence-electron chi connectivity index (χ4n) is 2.19. The topological polar surface area (TPSA) is 20.2 Å². The van der Waals surface area contributed by atoms with Crippen molar-refractivity contribution in [2.24, 2.45) is 0 Å². The maximum absolute atomic E-state index is 13.5. The van der Waals surface area contributed by atoms with Gasteiger partial charge in [0.15, 0.2) is 0 Å². The Bertz CT molecular complexity index is 503. The Kier molecular flexibility index (Phi) is 5.61. The molecule has 0 unspecified atom stereocenters. The van der Waals surface area contributed by atoms with Crippen LogP contribution in [0, 0.1) is 0 Å². The molecule has 0 atom stereocenters. The molecule has 0 aliphatic heterocycles. The van der Waals surface area contributed by atoms with Crippen molar-refractivity contribution in [3.63, 3.8) is 0 Å². The van der Waals surface area contributed by atoms with Crippen LogP contribution in [0.2, 0.25) is 0 Å². The molecule has 1 rings (SSSR count). The monoisotopic (exact) mass is 282 g/mol. The van der Waals surface area contributed by atoms with E-state index in [-0.39, 0.29) is 11.6 Å². The molecule has 3 heteroatoms. The first-order chi connectivity index (χ1) is 8.88. The highest BCUT2D eigenvalue weighted by Gasteiger charge is 2.19. The molecule has 0 aromatic carbocycles.